The number of pyridine rings is 1. The third kappa shape index (κ3) is 3.93. The summed E-state index contributed by atoms with van der Waals surface area (Å²) in [6, 6.07) is 9.24. The maximum absolute atomic E-state index is 13.7. The number of likely N-dealkylation sites (tertiary alicyclic amines) is 1. The van der Waals surface area contributed by atoms with Gasteiger partial charge in [0.2, 0.25) is 0 Å². The highest BCUT2D eigenvalue weighted by atomic mass is 19.1. The van der Waals surface area contributed by atoms with Gasteiger partial charge >= 0.3 is 0 Å². The van der Waals surface area contributed by atoms with Gasteiger partial charge in [0.1, 0.15) is 29.5 Å². The van der Waals surface area contributed by atoms with E-state index in [0.29, 0.717) is 36.6 Å². The van der Waals surface area contributed by atoms with E-state index in [4.69, 9.17) is 9.47 Å². The number of hydrogen-bond donors (Lipinski definition) is 0. The summed E-state index contributed by atoms with van der Waals surface area (Å²) in [7, 11) is 1.54. The molecule has 7 nitrogen and oxygen atoms in total. The van der Waals surface area contributed by atoms with E-state index in [1.54, 1.807) is 34.1 Å². The summed E-state index contributed by atoms with van der Waals surface area (Å²) < 4.78 is 24.8. The van der Waals surface area contributed by atoms with Crippen LogP contribution in [0.1, 0.15) is 23.3 Å². The number of piperidine rings is 1. The lowest BCUT2D eigenvalue weighted by atomic mass is 9.90. The number of methoxy groups -OCH3 is 1. The van der Waals surface area contributed by atoms with E-state index in [1.165, 1.54) is 25.4 Å². The molecule has 2 aliphatic rings. The molecule has 0 bridgehead atoms. The van der Waals surface area contributed by atoms with E-state index in [2.05, 4.69) is 4.98 Å². The Balaban J connectivity index is 1.54. The number of benzene rings is 1. The van der Waals surface area contributed by atoms with Crippen LogP contribution in [0.15, 0.2) is 42.6 Å². The van der Waals surface area contributed by atoms with Crippen molar-refractivity contribution in [1.29, 1.82) is 0 Å². The van der Waals surface area contributed by atoms with Crippen LogP contribution in [-0.4, -0.2) is 60.7 Å². The second kappa shape index (κ2) is 7.79. The van der Waals surface area contributed by atoms with Gasteiger partial charge in [0.05, 0.1) is 20.2 Å². The minimum atomic E-state index is -0.687. The van der Waals surface area contributed by atoms with Crippen molar-refractivity contribution in [3.8, 4) is 5.75 Å². The molecule has 29 heavy (non-hydrogen) atoms. The number of hydrogen-bond acceptors (Lipinski definition) is 5. The highest BCUT2D eigenvalue weighted by Crippen LogP contribution is 2.32. The van der Waals surface area contributed by atoms with Crippen LogP contribution in [0.3, 0.4) is 0 Å². The zero-order valence-corrected chi connectivity index (χ0v) is 16.1. The second-order valence-electron chi connectivity index (χ2n) is 7.34. The molecule has 1 aromatic carbocycles. The Morgan fingerprint density at radius 2 is 2.14 bits per heavy atom. The van der Waals surface area contributed by atoms with E-state index in [0.717, 1.165) is 6.42 Å². The first-order valence-corrected chi connectivity index (χ1v) is 9.49. The minimum absolute atomic E-state index is 0.101. The number of amides is 2. The molecule has 1 unspecified atom stereocenters. The molecular formula is C21H22FN3O4. The molecule has 0 aliphatic carbocycles. The normalized spacial score (nSPS) is 22.1. The maximum Gasteiger partial charge on any atom is 0.272 e. The molecule has 2 fully saturated rings. The molecule has 2 amide bonds. The summed E-state index contributed by atoms with van der Waals surface area (Å²) in [4.78, 5) is 32.8. The van der Waals surface area contributed by atoms with Gasteiger partial charge in [-0.25, -0.2) is 4.39 Å². The van der Waals surface area contributed by atoms with Crippen LogP contribution >= 0.6 is 0 Å². The van der Waals surface area contributed by atoms with Crippen molar-refractivity contribution in [2.75, 3.05) is 38.3 Å². The number of nitrogens with zero attached hydrogens (tertiary/aromatic N) is 3. The Hall–Kier alpha value is -3.00. The number of morpholine rings is 1. The van der Waals surface area contributed by atoms with Gasteiger partial charge in [-0.2, -0.15) is 0 Å². The average molecular weight is 399 g/mol. The fraction of sp³-hybridized carbons (Fsp3) is 0.381. The lowest BCUT2D eigenvalue weighted by Crippen LogP contribution is -2.62. The predicted octanol–water partition coefficient (Wildman–Crippen LogP) is 2.27. The molecule has 3 heterocycles. The summed E-state index contributed by atoms with van der Waals surface area (Å²) >= 11 is 0. The van der Waals surface area contributed by atoms with Crippen molar-refractivity contribution in [1.82, 2.24) is 9.88 Å². The first kappa shape index (κ1) is 19.3. The zero-order chi connectivity index (χ0) is 20.4. The number of halogens is 1. The first-order valence-electron chi connectivity index (χ1n) is 9.49. The third-order valence-corrected chi connectivity index (χ3v) is 5.38. The molecule has 2 aliphatic heterocycles. The van der Waals surface area contributed by atoms with E-state index < -0.39 is 11.4 Å². The molecule has 2 aromatic rings. The van der Waals surface area contributed by atoms with Crippen LogP contribution in [0.4, 0.5) is 10.1 Å². The van der Waals surface area contributed by atoms with Gasteiger partial charge in [-0.15, -0.1) is 0 Å². The Kier molecular flexibility index (Phi) is 5.19. The van der Waals surface area contributed by atoms with Crippen LogP contribution in [0, 0.1) is 5.82 Å². The smallest absolute Gasteiger partial charge is 0.272 e. The van der Waals surface area contributed by atoms with Crippen molar-refractivity contribution in [2.45, 2.75) is 18.4 Å². The van der Waals surface area contributed by atoms with Crippen LogP contribution in [0.5, 0.6) is 5.75 Å². The van der Waals surface area contributed by atoms with Gasteiger partial charge < -0.3 is 19.3 Å². The predicted molar refractivity (Wildman–Crippen MR) is 103 cm³/mol. The molecule has 8 heteroatoms. The molecule has 0 saturated carbocycles. The van der Waals surface area contributed by atoms with Crippen molar-refractivity contribution in [3.05, 3.63) is 54.1 Å². The highest BCUT2D eigenvalue weighted by Gasteiger charge is 2.44. The second-order valence-corrected chi connectivity index (χ2v) is 7.34. The average Bonchev–Trinajstić information content (AvgIpc) is 2.75. The van der Waals surface area contributed by atoms with Gasteiger partial charge in [0, 0.05) is 24.5 Å². The number of carbonyl (C=O) groups is 2. The largest absolute Gasteiger partial charge is 0.497 e. The third-order valence-electron chi connectivity index (χ3n) is 5.38. The van der Waals surface area contributed by atoms with Gasteiger partial charge in [-0.3, -0.25) is 14.6 Å². The summed E-state index contributed by atoms with van der Waals surface area (Å²) in [5, 5.41) is 0. The summed E-state index contributed by atoms with van der Waals surface area (Å²) in [5.74, 6) is -0.271. The SMILES string of the molecule is COc1ccnc(C(=O)N2CCCC3(C2)CN(c2cccc(F)c2)C(=O)CO3)c1. The maximum atomic E-state index is 13.7. The molecule has 1 spiro atoms. The molecule has 1 atom stereocenters. The minimum Gasteiger partial charge on any atom is -0.497 e. The molecule has 152 valence electrons. The highest BCUT2D eigenvalue weighted by molar-refractivity contribution is 5.95. The molecule has 1 aromatic heterocycles. The number of rotatable bonds is 3. The Morgan fingerprint density at radius 1 is 1.28 bits per heavy atom. The number of carbonyl (C=O) groups excluding carboxylic acids is 2. The molecular weight excluding hydrogens is 377 g/mol. The zero-order valence-electron chi connectivity index (χ0n) is 16.1. The fourth-order valence-electron chi connectivity index (χ4n) is 3.93. The molecule has 4 rings (SSSR count). The molecule has 0 radical (unpaired) electrons. The van der Waals surface area contributed by atoms with Crippen LogP contribution < -0.4 is 9.64 Å². The standard InChI is InChI=1S/C21H22FN3O4/c1-28-17-6-8-23-18(11-17)20(27)24-9-3-7-21(13-24)14-25(19(26)12-29-21)16-5-2-4-15(22)10-16/h2,4-6,8,10-11H,3,7,9,12-14H2,1H3. The van der Waals surface area contributed by atoms with Crippen molar-refractivity contribution < 1.29 is 23.5 Å². The van der Waals surface area contributed by atoms with Crippen LogP contribution in [0.25, 0.3) is 0 Å². The monoisotopic (exact) mass is 399 g/mol. The fourth-order valence-corrected chi connectivity index (χ4v) is 3.93. The lowest BCUT2D eigenvalue weighted by Gasteiger charge is -2.47. The topological polar surface area (TPSA) is 72.0 Å². The van der Waals surface area contributed by atoms with Gasteiger partial charge in [-0.1, -0.05) is 6.07 Å². The summed E-state index contributed by atoms with van der Waals surface area (Å²) in [5.41, 5.74) is 0.110. The van der Waals surface area contributed by atoms with Crippen molar-refractivity contribution in [2.24, 2.45) is 0 Å². The Labute approximate surface area is 168 Å². The van der Waals surface area contributed by atoms with E-state index in [1.807, 2.05) is 0 Å². The van der Waals surface area contributed by atoms with E-state index in [-0.39, 0.29) is 25.0 Å². The molecule has 0 N–H and O–H groups in total. The van der Waals surface area contributed by atoms with Crippen LogP contribution in [-0.2, 0) is 9.53 Å². The Bertz CT molecular complexity index is 938. The van der Waals surface area contributed by atoms with Gasteiger partial charge in [0.25, 0.3) is 11.8 Å². The van der Waals surface area contributed by atoms with Gasteiger partial charge in [-0.05, 0) is 37.1 Å². The number of aromatic nitrogens is 1. The van der Waals surface area contributed by atoms with E-state index in [9.17, 15) is 14.0 Å². The summed E-state index contributed by atoms with van der Waals surface area (Å²) in [6.07, 6.45) is 2.98. The van der Waals surface area contributed by atoms with Crippen molar-refractivity contribution >= 4 is 17.5 Å². The Morgan fingerprint density at radius 3 is 2.93 bits per heavy atom. The molecule has 2 saturated heterocycles. The van der Waals surface area contributed by atoms with Crippen LogP contribution in [0.2, 0.25) is 0 Å². The van der Waals surface area contributed by atoms with Gasteiger partial charge in [0.15, 0.2) is 0 Å². The first-order chi connectivity index (χ1) is 14.0. The number of ether oxygens (including phenoxy) is 2. The van der Waals surface area contributed by atoms with Crippen molar-refractivity contribution in [3.63, 3.8) is 0 Å². The van der Waals surface area contributed by atoms with E-state index >= 15 is 0 Å². The summed E-state index contributed by atoms with van der Waals surface area (Å²) in [6.45, 7) is 1.08. The number of anilines is 1. The quantitative estimate of drug-likeness (QED) is 0.792. The lowest BCUT2D eigenvalue weighted by molar-refractivity contribution is -0.144.